The first-order chi connectivity index (χ1) is 6.85. The standard InChI is InChI=1S/C11H19N3S/c1-7-8(2)13-14-10(9(7)6-12)15-11(3,4)5/h6,12H2,1-5H3. The van der Waals surface area contributed by atoms with Gasteiger partial charge in [0.2, 0.25) is 0 Å². The molecule has 15 heavy (non-hydrogen) atoms. The molecule has 0 fully saturated rings. The van der Waals surface area contributed by atoms with E-state index < -0.39 is 0 Å². The molecular weight excluding hydrogens is 206 g/mol. The van der Waals surface area contributed by atoms with Gasteiger partial charge in [-0.25, -0.2) is 0 Å². The maximum atomic E-state index is 5.76. The highest BCUT2D eigenvalue weighted by Gasteiger charge is 2.18. The fourth-order valence-corrected chi connectivity index (χ4v) is 2.27. The Kier molecular flexibility index (Phi) is 3.73. The van der Waals surface area contributed by atoms with Crippen LogP contribution in [0.25, 0.3) is 0 Å². The molecular formula is C11H19N3S. The Morgan fingerprint density at radius 1 is 1.20 bits per heavy atom. The summed E-state index contributed by atoms with van der Waals surface area (Å²) >= 11 is 1.72. The van der Waals surface area contributed by atoms with E-state index in [9.17, 15) is 0 Å². The Bertz CT molecular complexity index is 356. The summed E-state index contributed by atoms with van der Waals surface area (Å²) in [5.74, 6) is 0. The quantitative estimate of drug-likeness (QED) is 0.785. The number of nitrogens with zero attached hydrogens (tertiary/aromatic N) is 2. The normalized spacial score (nSPS) is 11.9. The molecule has 1 aromatic rings. The zero-order valence-electron chi connectivity index (χ0n) is 10.1. The third-order valence-electron chi connectivity index (χ3n) is 2.15. The van der Waals surface area contributed by atoms with Crippen LogP contribution >= 0.6 is 11.8 Å². The van der Waals surface area contributed by atoms with Crippen LogP contribution in [0.4, 0.5) is 0 Å². The molecule has 0 bridgehead atoms. The van der Waals surface area contributed by atoms with Gasteiger partial charge in [0.1, 0.15) is 5.03 Å². The van der Waals surface area contributed by atoms with Gasteiger partial charge >= 0.3 is 0 Å². The number of hydrogen-bond acceptors (Lipinski definition) is 4. The highest BCUT2D eigenvalue weighted by molar-refractivity contribution is 8.00. The van der Waals surface area contributed by atoms with Crippen molar-refractivity contribution in [3.05, 3.63) is 16.8 Å². The fraction of sp³-hybridized carbons (Fsp3) is 0.636. The molecule has 1 rings (SSSR count). The van der Waals surface area contributed by atoms with Crippen LogP contribution < -0.4 is 5.73 Å². The first kappa shape index (κ1) is 12.5. The minimum absolute atomic E-state index is 0.139. The number of aryl methyl sites for hydroxylation is 1. The summed E-state index contributed by atoms with van der Waals surface area (Å²) in [4.78, 5) is 0. The first-order valence-corrected chi connectivity index (χ1v) is 5.88. The van der Waals surface area contributed by atoms with E-state index in [1.54, 1.807) is 11.8 Å². The number of thioether (sulfide) groups is 1. The van der Waals surface area contributed by atoms with Crippen LogP contribution in [-0.2, 0) is 6.54 Å². The maximum absolute atomic E-state index is 5.76. The van der Waals surface area contributed by atoms with Crippen molar-refractivity contribution < 1.29 is 0 Å². The molecule has 0 unspecified atom stereocenters. The summed E-state index contributed by atoms with van der Waals surface area (Å²) in [6, 6.07) is 0. The molecule has 0 aliphatic heterocycles. The third-order valence-corrected chi connectivity index (χ3v) is 3.29. The highest BCUT2D eigenvalue weighted by Crippen LogP contribution is 2.33. The molecule has 0 aromatic carbocycles. The van der Waals surface area contributed by atoms with Crippen LogP contribution in [0.1, 0.15) is 37.6 Å². The molecule has 4 heteroatoms. The van der Waals surface area contributed by atoms with Gasteiger partial charge in [0.05, 0.1) is 5.69 Å². The van der Waals surface area contributed by atoms with Crippen molar-refractivity contribution in [2.75, 3.05) is 0 Å². The molecule has 0 saturated heterocycles. The van der Waals surface area contributed by atoms with Crippen LogP contribution in [0.5, 0.6) is 0 Å². The predicted octanol–water partition coefficient (Wildman–Crippen LogP) is 2.44. The van der Waals surface area contributed by atoms with Crippen LogP contribution in [-0.4, -0.2) is 14.9 Å². The van der Waals surface area contributed by atoms with E-state index in [4.69, 9.17) is 5.73 Å². The summed E-state index contributed by atoms with van der Waals surface area (Å²) < 4.78 is 0.139. The lowest BCUT2D eigenvalue weighted by Gasteiger charge is -2.19. The van der Waals surface area contributed by atoms with Gasteiger partial charge in [0, 0.05) is 16.9 Å². The average molecular weight is 225 g/mol. The Labute approximate surface area is 95.9 Å². The van der Waals surface area contributed by atoms with Crippen molar-refractivity contribution in [3.8, 4) is 0 Å². The zero-order valence-corrected chi connectivity index (χ0v) is 10.9. The molecule has 2 N–H and O–H groups in total. The molecule has 1 aromatic heterocycles. The fourth-order valence-electron chi connectivity index (χ4n) is 1.25. The van der Waals surface area contributed by atoms with E-state index in [-0.39, 0.29) is 4.75 Å². The molecule has 3 nitrogen and oxygen atoms in total. The summed E-state index contributed by atoms with van der Waals surface area (Å²) in [7, 11) is 0. The molecule has 0 radical (unpaired) electrons. The predicted molar refractivity (Wildman–Crippen MR) is 65.0 cm³/mol. The topological polar surface area (TPSA) is 51.8 Å². The second kappa shape index (κ2) is 4.49. The number of nitrogens with two attached hydrogens (primary N) is 1. The second-order valence-electron chi connectivity index (χ2n) is 4.61. The molecule has 84 valence electrons. The average Bonchev–Trinajstić information content (AvgIpc) is 2.10. The van der Waals surface area contributed by atoms with Crippen molar-refractivity contribution in [2.24, 2.45) is 5.73 Å². The Morgan fingerprint density at radius 3 is 2.27 bits per heavy atom. The lowest BCUT2D eigenvalue weighted by atomic mass is 10.1. The number of hydrogen-bond donors (Lipinski definition) is 1. The van der Waals surface area contributed by atoms with Crippen molar-refractivity contribution in [3.63, 3.8) is 0 Å². The van der Waals surface area contributed by atoms with E-state index in [1.807, 2.05) is 6.92 Å². The van der Waals surface area contributed by atoms with Gasteiger partial charge in [0.15, 0.2) is 0 Å². The summed E-state index contributed by atoms with van der Waals surface area (Å²) in [5, 5.41) is 9.34. The van der Waals surface area contributed by atoms with Gasteiger partial charge in [-0.15, -0.1) is 5.10 Å². The lowest BCUT2D eigenvalue weighted by molar-refractivity contribution is 0.776. The molecule has 0 amide bonds. The number of aromatic nitrogens is 2. The van der Waals surface area contributed by atoms with Crippen LogP contribution in [0, 0.1) is 13.8 Å². The maximum Gasteiger partial charge on any atom is 0.124 e. The SMILES string of the molecule is Cc1nnc(SC(C)(C)C)c(CN)c1C. The van der Waals surface area contributed by atoms with E-state index in [0.717, 1.165) is 16.3 Å². The Balaban J connectivity index is 3.14. The van der Waals surface area contributed by atoms with Crippen molar-refractivity contribution in [1.82, 2.24) is 10.2 Å². The summed E-state index contributed by atoms with van der Waals surface area (Å²) in [6.45, 7) is 11.0. The minimum Gasteiger partial charge on any atom is -0.326 e. The smallest absolute Gasteiger partial charge is 0.124 e. The lowest BCUT2D eigenvalue weighted by Crippen LogP contribution is -2.12. The molecule has 1 heterocycles. The van der Waals surface area contributed by atoms with Gasteiger partial charge in [0.25, 0.3) is 0 Å². The van der Waals surface area contributed by atoms with Gasteiger partial charge in [-0.3, -0.25) is 0 Å². The van der Waals surface area contributed by atoms with E-state index in [0.29, 0.717) is 6.54 Å². The van der Waals surface area contributed by atoms with E-state index >= 15 is 0 Å². The first-order valence-electron chi connectivity index (χ1n) is 5.07. The Morgan fingerprint density at radius 2 is 1.80 bits per heavy atom. The Hall–Kier alpha value is -0.610. The third kappa shape index (κ3) is 3.18. The zero-order chi connectivity index (χ0) is 11.6. The van der Waals surface area contributed by atoms with Gasteiger partial charge in [-0.2, -0.15) is 5.10 Å². The van der Waals surface area contributed by atoms with Crippen molar-refractivity contribution >= 4 is 11.8 Å². The van der Waals surface area contributed by atoms with Crippen LogP contribution in [0.2, 0.25) is 0 Å². The van der Waals surface area contributed by atoms with E-state index in [2.05, 4.69) is 37.9 Å². The van der Waals surface area contributed by atoms with Crippen LogP contribution in [0.15, 0.2) is 5.03 Å². The highest BCUT2D eigenvalue weighted by atomic mass is 32.2. The van der Waals surface area contributed by atoms with E-state index in [1.165, 1.54) is 5.56 Å². The molecule has 0 spiro atoms. The summed E-state index contributed by atoms with van der Waals surface area (Å²) in [6.07, 6.45) is 0. The van der Waals surface area contributed by atoms with Crippen molar-refractivity contribution in [2.45, 2.75) is 50.9 Å². The summed E-state index contributed by atoms with van der Waals surface area (Å²) in [5.41, 5.74) is 9.02. The molecule has 0 atom stereocenters. The number of rotatable bonds is 2. The molecule has 0 aliphatic rings. The van der Waals surface area contributed by atoms with Crippen LogP contribution in [0.3, 0.4) is 0 Å². The van der Waals surface area contributed by atoms with Gasteiger partial charge < -0.3 is 5.73 Å². The van der Waals surface area contributed by atoms with Crippen molar-refractivity contribution in [1.29, 1.82) is 0 Å². The minimum atomic E-state index is 0.139. The largest absolute Gasteiger partial charge is 0.326 e. The monoisotopic (exact) mass is 225 g/mol. The van der Waals surface area contributed by atoms with Gasteiger partial charge in [-0.05, 0) is 19.4 Å². The second-order valence-corrected chi connectivity index (χ2v) is 6.43. The molecule has 0 aliphatic carbocycles. The molecule has 0 saturated carbocycles. The van der Waals surface area contributed by atoms with Gasteiger partial charge in [-0.1, -0.05) is 32.5 Å².